The van der Waals surface area contributed by atoms with Gasteiger partial charge in [-0.15, -0.1) is 0 Å². The van der Waals surface area contributed by atoms with Crippen LogP contribution in [0.5, 0.6) is 11.5 Å². The van der Waals surface area contributed by atoms with E-state index in [4.69, 9.17) is 13.9 Å². The van der Waals surface area contributed by atoms with E-state index in [0.717, 1.165) is 11.3 Å². The Balaban J connectivity index is 1.32. The Kier molecular flexibility index (Phi) is 6.03. The molecule has 7 nitrogen and oxygen atoms in total. The van der Waals surface area contributed by atoms with Gasteiger partial charge in [0.2, 0.25) is 0 Å². The number of ether oxygens (including phenoxy) is 2. The summed E-state index contributed by atoms with van der Waals surface area (Å²) in [4.78, 5) is 12.5. The molecule has 7 heteroatoms. The second-order valence-electron chi connectivity index (χ2n) is 7.07. The van der Waals surface area contributed by atoms with Gasteiger partial charge < -0.3 is 19.2 Å². The molecule has 0 spiro atoms. The summed E-state index contributed by atoms with van der Waals surface area (Å²) in [5, 5.41) is 7.16. The third-order valence-corrected chi connectivity index (χ3v) is 4.64. The quantitative estimate of drug-likeness (QED) is 0.451. The summed E-state index contributed by atoms with van der Waals surface area (Å²) >= 11 is 0. The van der Waals surface area contributed by atoms with Gasteiger partial charge in [-0.2, -0.15) is 5.10 Å². The van der Waals surface area contributed by atoms with Gasteiger partial charge in [0.15, 0.2) is 11.6 Å². The van der Waals surface area contributed by atoms with Crippen LogP contribution in [0.1, 0.15) is 27.4 Å². The minimum absolute atomic E-state index is 0.196. The number of hydrogen-bond donors (Lipinski definition) is 1. The number of anilines is 1. The number of benzene rings is 2. The Labute approximate surface area is 180 Å². The lowest BCUT2D eigenvalue weighted by Crippen LogP contribution is -2.12. The standard InChI is InChI=1S/C24H23N3O4/c1-17-4-3-5-18(14-17)15-27-13-12-23(26-27)25-24(28)22-11-10-21(31-22)16-30-20-8-6-19(29-2)7-9-20/h3-14H,15-16H2,1-2H3,(H,25,26,28). The smallest absolute Gasteiger partial charge is 0.292 e. The van der Waals surface area contributed by atoms with Crippen molar-refractivity contribution in [2.24, 2.45) is 0 Å². The van der Waals surface area contributed by atoms with Crippen LogP contribution in [0.3, 0.4) is 0 Å². The minimum atomic E-state index is -0.364. The molecule has 31 heavy (non-hydrogen) atoms. The molecule has 2 aromatic carbocycles. The number of furan rings is 1. The first-order valence-corrected chi connectivity index (χ1v) is 9.85. The van der Waals surface area contributed by atoms with E-state index in [0.29, 0.717) is 23.9 Å². The van der Waals surface area contributed by atoms with Gasteiger partial charge in [-0.1, -0.05) is 29.8 Å². The van der Waals surface area contributed by atoms with Crippen LogP contribution in [-0.4, -0.2) is 22.8 Å². The van der Waals surface area contributed by atoms with Crippen molar-refractivity contribution in [1.29, 1.82) is 0 Å². The molecule has 2 heterocycles. The summed E-state index contributed by atoms with van der Waals surface area (Å²) in [6.45, 7) is 2.90. The molecule has 0 unspecified atom stereocenters. The molecule has 0 aliphatic rings. The SMILES string of the molecule is COc1ccc(OCc2ccc(C(=O)Nc3ccn(Cc4cccc(C)c4)n3)o2)cc1. The lowest BCUT2D eigenvalue weighted by Gasteiger charge is -2.05. The number of aryl methyl sites for hydroxylation is 1. The van der Waals surface area contributed by atoms with Crippen LogP contribution in [0.25, 0.3) is 0 Å². The second-order valence-corrected chi connectivity index (χ2v) is 7.07. The zero-order valence-corrected chi connectivity index (χ0v) is 17.4. The number of nitrogens with zero attached hydrogens (tertiary/aromatic N) is 2. The molecule has 4 rings (SSSR count). The van der Waals surface area contributed by atoms with Gasteiger partial charge >= 0.3 is 0 Å². The number of amides is 1. The molecule has 0 bridgehead atoms. The van der Waals surface area contributed by atoms with E-state index in [9.17, 15) is 4.79 Å². The van der Waals surface area contributed by atoms with E-state index < -0.39 is 0 Å². The minimum Gasteiger partial charge on any atom is -0.497 e. The van der Waals surface area contributed by atoms with Crippen molar-refractivity contribution in [1.82, 2.24) is 9.78 Å². The highest BCUT2D eigenvalue weighted by atomic mass is 16.5. The highest BCUT2D eigenvalue weighted by molar-refractivity contribution is 6.01. The second kappa shape index (κ2) is 9.21. The molecule has 0 aliphatic carbocycles. The molecule has 1 amide bonds. The first kappa shape index (κ1) is 20.3. The lowest BCUT2D eigenvalue weighted by molar-refractivity contribution is 0.0992. The maximum Gasteiger partial charge on any atom is 0.292 e. The number of hydrogen-bond acceptors (Lipinski definition) is 5. The van der Waals surface area contributed by atoms with Crippen LogP contribution >= 0.6 is 0 Å². The fourth-order valence-electron chi connectivity index (χ4n) is 3.10. The van der Waals surface area contributed by atoms with E-state index in [2.05, 4.69) is 29.5 Å². The van der Waals surface area contributed by atoms with Crippen molar-refractivity contribution in [3.8, 4) is 11.5 Å². The van der Waals surface area contributed by atoms with Crippen molar-refractivity contribution in [3.05, 3.63) is 95.6 Å². The third kappa shape index (κ3) is 5.33. The van der Waals surface area contributed by atoms with Crippen LogP contribution in [-0.2, 0) is 13.2 Å². The summed E-state index contributed by atoms with van der Waals surface area (Å²) in [6, 6.07) is 20.6. The molecule has 0 aliphatic heterocycles. The van der Waals surface area contributed by atoms with Crippen LogP contribution in [0, 0.1) is 6.92 Å². The van der Waals surface area contributed by atoms with Gasteiger partial charge in [-0.3, -0.25) is 9.48 Å². The Morgan fingerprint density at radius 1 is 1.06 bits per heavy atom. The highest BCUT2D eigenvalue weighted by Gasteiger charge is 2.13. The van der Waals surface area contributed by atoms with Crippen LogP contribution < -0.4 is 14.8 Å². The number of carbonyl (C=O) groups is 1. The first-order chi connectivity index (χ1) is 15.1. The number of rotatable bonds is 8. The monoisotopic (exact) mass is 417 g/mol. The number of methoxy groups -OCH3 is 1. The normalized spacial score (nSPS) is 10.6. The van der Waals surface area contributed by atoms with Crippen LogP contribution in [0.2, 0.25) is 0 Å². The van der Waals surface area contributed by atoms with Gasteiger partial charge in [0.25, 0.3) is 5.91 Å². The number of nitrogens with one attached hydrogen (secondary N) is 1. The summed E-state index contributed by atoms with van der Waals surface area (Å²) in [5.74, 6) is 2.28. The van der Waals surface area contributed by atoms with E-state index in [1.54, 1.807) is 30.0 Å². The molecule has 0 fully saturated rings. The molecule has 0 saturated carbocycles. The Morgan fingerprint density at radius 3 is 2.65 bits per heavy atom. The van der Waals surface area contributed by atoms with Crippen molar-refractivity contribution in [3.63, 3.8) is 0 Å². The van der Waals surface area contributed by atoms with Crippen molar-refractivity contribution in [2.75, 3.05) is 12.4 Å². The van der Waals surface area contributed by atoms with Crippen molar-refractivity contribution in [2.45, 2.75) is 20.1 Å². The molecule has 0 atom stereocenters. The van der Waals surface area contributed by atoms with E-state index in [1.807, 2.05) is 42.6 Å². The zero-order chi connectivity index (χ0) is 21.6. The molecular formula is C24H23N3O4. The number of aromatic nitrogens is 2. The highest BCUT2D eigenvalue weighted by Crippen LogP contribution is 2.19. The Morgan fingerprint density at radius 2 is 1.87 bits per heavy atom. The Hall–Kier alpha value is -4.00. The third-order valence-electron chi connectivity index (χ3n) is 4.64. The fourth-order valence-corrected chi connectivity index (χ4v) is 3.10. The summed E-state index contributed by atoms with van der Waals surface area (Å²) < 4.78 is 18.2. The summed E-state index contributed by atoms with van der Waals surface area (Å²) in [6.07, 6.45) is 1.83. The summed E-state index contributed by atoms with van der Waals surface area (Å²) in [7, 11) is 1.61. The largest absolute Gasteiger partial charge is 0.497 e. The summed E-state index contributed by atoms with van der Waals surface area (Å²) in [5.41, 5.74) is 2.34. The molecule has 0 saturated heterocycles. The molecule has 158 valence electrons. The first-order valence-electron chi connectivity index (χ1n) is 9.85. The zero-order valence-electron chi connectivity index (χ0n) is 17.4. The average molecular weight is 417 g/mol. The predicted octanol–water partition coefficient (Wildman–Crippen LogP) is 4.67. The van der Waals surface area contributed by atoms with E-state index >= 15 is 0 Å². The average Bonchev–Trinajstić information content (AvgIpc) is 3.42. The van der Waals surface area contributed by atoms with Gasteiger partial charge in [0, 0.05) is 12.3 Å². The lowest BCUT2D eigenvalue weighted by atomic mass is 10.1. The predicted molar refractivity (Wildman–Crippen MR) is 116 cm³/mol. The molecule has 2 aromatic heterocycles. The van der Waals surface area contributed by atoms with Crippen molar-refractivity contribution < 1.29 is 18.7 Å². The van der Waals surface area contributed by atoms with Gasteiger partial charge in [0.05, 0.1) is 13.7 Å². The van der Waals surface area contributed by atoms with Gasteiger partial charge in [0.1, 0.15) is 23.9 Å². The molecule has 0 radical (unpaired) electrons. The van der Waals surface area contributed by atoms with E-state index in [-0.39, 0.29) is 18.3 Å². The Bertz CT molecular complexity index is 1160. The molecule has 4 aromatic rings. The molecular weight excluding hydrogens is 394 g/mol. The fraction of sp³-hybridized carbons (Fsp3) is 0.167. The van der Waals surface area contributed by atoms with E-state index in [1.165, 1.54) is 5.56 Å². The van der Waals surface area contributed by atoms with Crippen LogP contribution in [0.15, 0.2) is 77.3 Å². The van der Waals surface area contributed by atoms with Crippen LogP contribution in [0.4, 0.5) is 5.82 Å². The van der Waals surface area contributed by atoms with Gasteiger partial charge in [-0.25, -0.2) is 0 Å². The maximum atomic E-state index is 12.5. The number of carbonyl (C=O) groups excluding carboxylic acids is 1. The maximum absolute atomic E-state index is 12.5. The van der Waals surface area contributed by atoms with Gasteiger partial charge in [-0.05, 0) is 48.9 Å². The topological polar surface area (TPSA) is 78.5 Å². The molecule has 1 N–H and O–H groups in total. The van der Waals surface area contributed by atoms with Crippen molar-refractivity contribution >= 4 is 11.7 Å².